The number of nitrogens with two attached hydrogens (primary N) is 1. The number of ether oxygens (including phenoxy) is 3. The molecule has 2 aromatic heterocycles. The van der Waals surface area contributed by atoms with Gasteiger partial charge in [0, 0.05) is 76.5 Å². The first-order valence-corrected chi connectivity index (χ1v) is 21.3. The van der Waals surface area contributed by atoms with Crippen LogP contribution in [0.1, 0.15) is 41.7 Å². The molecule has 3 amide bonds. The predicted octanol–water partition coefficient (Wildman–Crippen LogP) is -0.970. The van der Waals surface area contributed by atoms with Crippen molar-refractivity contribution in [3.63, 3.8) is 0 Å². The molecule has 4 rings (SSSR count). The molecule has 0 radical (unpaired) electrons. The van der Waals surface area contributed by atoms with Gasteiger partial charge < -0.3 is 40.8 Å². The lowest BCUT2D eigenvalue weighted by Crippen LogP contribution is -2.43. The number of aliphatic carboxylic acids is 2. The Kier molecular flexibility index (Phi) is 21.1. The molecule has 1 aromatic carbocycles. The van der Waals surface area contributed by atoms with Crippen LogP contribution in [0.25, 0.3) is 11.2 Å². The summed E-state index contributed by atoms with van der Waals surface area (Å²) in [6, 6.07) is 3.12. The number of hydrogen-bond acceptors (Lipinski definition) is 18. The summed E-state index contributed by atoms with van der Waals surface area (Å²) in [5.74, 6) is -6.70. The van der Waals surface area contributed by atoms with Crippen LogP contribution < -0.4 is 26.8 Å². The number of anilines is 2. The lowest BCUT2D eigenvalue weighted by Gasteiger charge is -2.24. The van der Waals surface area contributed by atoms with Gasteiger partial charge in [0.2, 0.25) is 11.9 Å². The van der Waals surface area contributed by atoms with E-state index in [9.17, 15) is 61.7 Å². The van der Waals surface area contributed by atoms with Gasteiger partial charge in [-0.2, -0.15) is 18.2 Å². The maximum atomic E-state index is 13.7. The van der Waals surface area contributed by atoms with Gasteiger partial charge in [-0.3, -0.25) is 58.1 Å². The number of hydrogen-bond donors (Lipinski definition) is 6. The number of ketones is 1. The summed E-state index contributed by atoms with van der Waals surface area (Å²) < 4.78 is 56.8. The number of fused-ring (bicyclic) bond motifs is 1. The average Bonchev–Trinajstić information content (AvgIpc) is 3.36. The number of rotatable bonds is 25. The smallest absolute Gasteiger partial charge is 0.471 e. The Morgan fingerprint density at radius 3 is 2.01 bits per heavy atom. The normalized spacial score (nSPS) is 14.5. The quantitative estimate of drug-likeness (QED) is 0.0439. The SMILES string of the molecule is COC(=O)[C@H](CCC(=O)CCCOCCOCCNC(=O)CN1CCN(CC(=O)O)CCN(CC(=O)O)CC1)NC(=O)c1ccc(N(Cc2cnc3nc(N)[nH]c(=O)c3n2)C(=O)C(F)(F)F)cc1. The van der Waals surface area contributed by atoms with E-state index in [-0.39, 0.29) is 118 Å². The molecule has 0 spiro atoms. The summed E-state index contributed by atoms with van der Waals surface area (Å²) in [6.07, 6.45) is -4.08. The Hall–Kier alpha value is -6.68. The van der Waals surface area contributed by atoms with Crippen molar-refractivity contribution in [3.05, 3.63) is 52.1 Å². The number of halogens is 3. The number of methoxy groups -OCH3 is 1. The van der Waals surface area contributed by atoms with Gasteiger partial charge in [0.25, 0.3) is 11.5 Å². The Labute approximate surface area is 386 Å². The van der Waals surface area contributed by atoms with Crippen molar-refractivity contribution in [2.75, 3.05) is 110 Å². The van der Waals surface area contributed by atoms with E-state index in [1.165, 1.54) is 0 Å². The van der Waals surface area contributed by atoms with E-state index >= 15 is 0 Å². The zero-order chi connectivity index (χ0) is 49.8. The minimum Gasteiger partial charge on any atom is -0.480 e. The van der Waals surface area contributed by atoms with Gasteiger partial charge in [0.05, 0.1) is 65.0 Å². The van der Waals surface area contributed by atoms with Crippen LogP contribution in [0, 0.1) is 0 Å². The second-order valence-corrected chi connectivity index (χ2v) is 15.3. The fourth-order valence-electron chi connectivity index (χ4n) is 6.75. The molecular formula is C41H54F3N11O13. The van der Waals surface area contributed by atoms with E-state index in [4.69, 9.17) is 19.9 Å². The molecule has 1 aliphatic heterocycles. The average molecular weight is 966 g/mol. The highest BCUT2D eigenvalue weighted by Gasteiger charge is 2.43. The molecule has 1 atom stereocenters. The van der Waals surface area contributed by atoms with Gasteiger partial charge in [-0.05, 0) is 37.1 Å². The lowest BCUT2D eigenvalue weighted by atomic mass is 10.1. The Morgan fingerprint density at radius 2 is 1.44 bits per heavy atom. The second-order valence-electron chi connectivity index (χ2n) is 15.3. The number of nitrogens with zero attached hydrogens (tertiary/aromatic N) is 7. The highest BCUT2D eigenvalue weighted by Crippen LogP contribution is 2.26. The molecule has 0 saturated carbocycles. The van der Waals surface area contributed by atoms with E-state index in [0.717, 1.165) is 37.6 Å². The third-order valence-corrected chi connectivity index (χ3v) is 10.2. The minimum atomic E-state index is -5.32. The molecule has 372 valence electrons. The highest BCUT2D eigenvalue weighted by atomic mass is 19.4. The largest absolute Gasteiger partial charge is 0.480 e. The number of Topliss-reactive ketones (excluding diaryl/α,β-unsaturated/α-hetero) is 1. The third-order valence-electron chi connectivity index (χ3n) is 10.2. The topological polar surface area (TPSA) is 322 Å². The number of aromatic amines is 1. The van der Waals surface area contributed by atoms with Gasteiger partial charge in [0.15, 0.2) is 11.2 Å². The number of nitrogen functional groups attached to an aromatic ring is 1. The Balaban J connectivity index is 1.15. The van der Waals surface area contributed by atoms with Gasteiger partial charge in [-0.25, -0.2) is 14.8 Å². The monoisotopic (exact) mass is 965 g/mol. The maximum Gasteiger partial charge on any atom is 0.471 e. The number of H-pyrrole nitrogens is 1. The van der Waals surface area contributed by atoms with Crippen LogP contribution in [-0.4, -0.2) is 197 Å². The van der Waals surface area contributed by atoms with Crippen LogP contribution in [0.2, 0.25) is 0 Å². The van der Waals surface area contributed by atoms with Crippen molar-refractivity contribution in [1.29, 1.82) is 0 Å². The van der Waals surface area contributed by atoms with Crippen LogP contribution in [-0.2, 0) is 49.5 Å². The number of carbonyl (C=O) groups excluding carboxylic acids is 5. The van der Waals surface area contributed by atoms with Crippen molar-refractivity contribution < 1.29 is 71.2 Å². The van der Waals surface area contributed by atoms with Gasteiger partial charge >= 0.3 is 30.0 Å². The Morgan fingerprint density at radius 1 is 0.853 bits per heavy atom. The van der Waals surface area contributed by atoms with E-state index in [1.54, 1.807) is 9.80 Å². The fraction of sp³-hybridized carbons (Fsp3) is 0.537. The molecule has 27 heteroatoms. The first-order chi connectivity index (χ1) is 32.3. The summed E-state index contributed by atoms with van der Waals surface area (Å²) in [4.78, 5) is 118. The van der Waals surface area contributed by atoms with Crippen LogP contribution >= 0.6 is 0 Å². The summed E-state index contributed by atoms with van der Waals surface area (Å²) in [7, 11) is 1.09. The van der Waals surface area contributed by atoms with E-state index < -0.39 is 54.0 Å². The summed E-state index contributed by atoms with van der Waals surface area (Å²) in [5.41, 5.74) is 3.61. The highest BCUT2D eigenvalue weighted by molar-refractivity contribution is 5.99. The molecule has 1 aliphatic rings. The van der Waals surface area contributed by atoms with Crippen molar-refractivity contribution in [2.45, 2.75) is 44.4 Å². The zero-order valence-corrected chi connectivity index (χ0v) is 37.1. The first kappa shape index (κ1) is 53.9. The second kappa shape index (κ2) is 26.6. The molecule has 0 aliphatic carbocycles. The van der Waals surface area contributed by atoms with Crippen LogP contribution in [0.5, 0.6) is 0 Å². The minimum absolute atomic E-state index is 0.0366. The molecule has 1 saturated heterocycles. The number of amides is 3. The summed E-state index contributed by atoms with van der Waals surface area (Å²) in [6.45, 7) is 2.34. The molecule has 3 aromatic rings. The zero-order valence-electron chi connectivity index (χ0n) is 37.1. The number of aromatic nitrogens is 4. The van der Waals surface area contributed by atoms with E-state index in [0.29, 0.717) is 50.6 Å². The van der Waals surface area contributed by atoms with Crippen LogP contribution in [0.15, 0.2) is 35.3 Å². The van der Waals surface area contributed by atoms with Crippen molar-refractivity contribution in [1.82, 2.24) is 45.3 Å². The number of alkyl halides is 3. The molecule has 7 N–H and O–H groups in total. The summed E-state index contributed by atoms with van der Waals surface area (Å²) >= 11 is 0. The Bertz CT molecular complexity index is 2260. The third kappa shape index (κ3) is 18.2. The number of carbonyl (C=O) groups is 7. The van der Waals surface area contributed by atoms with Gasteiger partial charge in [0.1, 0.15) is 11.8 Å². The molecular weight excluding hydrogens is 912 g/mol. The number of carboxylic acids is 2. The predicted molar refractivity (Wildman–Crippen MR) is 232 cm³/mol. The lowest BCUT2D eigenvalue weighted by molar-refractivity contribution is -0.170. The number of benzene rings is 1. The molecule has 1 fully saturated rings. The molecule has 24 nitrogen and oxygen atoms in total. The molecule has 68 heavy (non-hydrogen) atoms. The maximum absolute atomic E-state index is 13.7. The number of nitrogens with one attached hydrogen (secondary N) is 3. The number of carboxylic acid groups (broad SMARTS) is 2. The van der Waals surface area contributed by atoms with Gasteiger partial charge in [-0.15, -0.1) is 0 Å². The first-order valence-electron chi connectivity index (χ1n) is 21.3. The van der Waals surface area contributed by atoms with Crippen molar-refractivity contribution in [3.8, 4) is 0 Å². The van der Waals surface area contributed by atoms with Crippen LogP contribution in [0.3, 0.4) is 0 Å². The standard InChI is InChI=1S/C41H54F3N11O13/c1-66-38(64)30(49-36(62)26-4-6-28(7-5-26)55(39(65)41(42,43)44)22-27-21-47-35-34(48-27)37(63)51-40(45)50-35)9-8-29(56)3-2-17-67-19-20-68-18-10-46-31(57)23-52-11-13-53(24-32(58)59)15-16-54(14-12-52)25-33(60)61/h4-7,21,30H,2-3,8-20,22-25H2,1H3,(H,46,57)(H,49,62)(H,58,59)(H,60,61)(H3,45,47,50,51,63)/t30-/m0/s1. The van der Waals surface area contributed by atoms with Crippen LogP contribution in [0.4, 0.5) is 24.8 Å². The van der Waals surface area contributed by atoms with E-state index in [1.807, 2.05) is 4.90 Å². The molecule has 0 unspecified atom stereocenters. The van der Waals surface area contributed by atoms with Gasteiger partial charge in [-0.1, -0.05) is 0 Å². The fourth-order valence-corrected chi connectivity index (χ4v) is 6.75. The number of esters is 1. The van der Waals surface area contributed by atoms with Crippen molar-refractivity contribution in [2.24, 2.45) is 0 Å². The molecule has 0 bridgehead atoms. The summed E-state index contributed by atoms with van der Waals surface area (Å²) in [5, 5.41) is 23.7. The molecule has 3 heterocycles. The van der Waals surface area contributed by atoms with Crippen molar-refractivity contribution >= 4 is 64.2 Å². The van der Waals surface area contributed by atoms with E-state index in [2.05, 4.69) is 30.6 Å².